The van der Waals surface area contributed by atoms with Gasteiger partial charge in [0.05, 0.1) is 42.1 Å². The van der Waals surface area contributed by atoms with Crippen LogP contribution in [0.1, 0.15) is 58.1 Å². The van der Waals surface area contributed by atoms with Gasteiger partial charge in [0.25, 0.3) is 0 Å². The molecule has 3 fully saturated rings. The van der Waals surface area contributed by atoms with E-state index in [1.54, 1.807) is 28.7 Å². The zero-order valence-electron chi connectivity index (χ0n) is 30.9. The topological polar surface area (TPSA) is 156 Å². The number of hydrogen-bond donors (Lipinski definition) is 2. The third-order valence-electron chi connectivity index (χ3n) is 10.8. The van der Waals surface area contributed by atoms with Gasteiger partial charge in [0.1, 0.15) is 29.9 Å². The first kappa shape index (κ1) is 39.3. The molecule has 1 unspecified atom stereocenters. The second-order valence-corrected chi connectivity index (χ2v) is 16.1. The van der Waals surface area contributed by atoms with Crippen molar-refractivity contribution < 1.29 is 33.8 Å². The first-order valence-electron chi connectivity index (χ1n) is 18.5. The van der Waals surface area contributed by atoms with E-state index in [1.165, 1.54) is 4.90 Å². The molecule has 2 aromatic carbocycles. The van der Waals surface area contributed by atoms with Gasteiger partial charge in [-0.15, -0.1) is 18.3 Å². The highest BCUT2D eigenvalue weighted by Crippen LogP contribution is 2.61. The summed E-state index contributed by atoms with van der Waals surface area (Å²) in [4.78, 5) is 60.0. The van der Waals surface area contributed by atoms with Gasteiger partial charge in [-0.25, -0.2) is 4.68 Å². The highest BCUT2D eigenvalue weighted by atomic mass is 79.9. The van der Waals surface area contributed by atoms with Crippen LogP contribution in [0.2, 0.25) is 0 Å². The number of carbonyl (C=O) groups is 4. The molecule has 2 N–H and O–H groups in total. The molecule has 0 saturated carbocycles. The number of nitrogens with one attached hydrogen (secondary N) is 1. The van der Waals surface area contributed by atoms with Gasteiger partial charge in [0.15, 0.2) is 0 Å². The Bertz CT molecular complexity index is 1870. The summed E-state index contributed by atoms with van der Waals surface area (Å²) in [5, 5.41) is 22.3. The van der Waals surface area contributed by atoms with Crippen molar-refractivity contribution >= 4 is 50.7 Å². The number of fused-ring (bicyclic) bond motifs is 2. The summed E-state index contributed by atoms with van der Waals surface area (Å²) in [6.45, 7) is 13.1. The maximum absolute atomic E-state index is 15.1. The first-order valence-corrected chi connectivity index (χ1v) is 19.5. The van der Waals surface area contributed by atoms with Crippen molar-refractivity contribution in [3.05, 3.63) is 85.5 Å². The van der Waals surface area contributed by atoms with E-state index in [1.807, 2.05) is 68.4 Å². The number of halogens is 1. The Morgan fingerprint density at radius 2 is 1.85 bits per heavy atom. The van der Waals surface area contributed by atoms with Crippen LogP contribution < -0.4 is 5.32 Å². The number of hydrogen-bond acceptors (Lipinski definition) is 9. The van der Waals surface area contributed by atoms with E-state index in [9.17, 15) is 19.5 Å². The number of rotatable bonds is 17. The first-order chi connectivity index (χ1) is 25.9. The molecule has 2 bridgehead atoms. The number of para-hydroxylation sites is 1. The van der Waals surface area contributed by atoms with Gasteiger partial charge in [-0.3, -0.25) is 19.2 Å². The number of esters is 1. The van der Waals surface area contributed by atoms with Crippen LogP contribution in [0.4, 0.5) is 0 Å². The SMILES string of the molecule is C=CCCC(=O)N[C@@H](C)[C@H](OC(=O)[C@@H]1[C@H]2O[C@@]3(CC2Br)[C@H](C(=O)N(CC=C)Cn2nnc4ccccc42)N([C@@H](CO)CC(C)C)C(=O)[C@@H]13)c1ccccc1. The van der Waals surface area contributed by atoms with Gasteiger partial charge in [-0.2, -0.15) is 0 Å². The van der Waals surface area contributed by atoms with Gasteiger partial charge in [-0.1, -0.05) is 89.6 Å². The molecule has 3 aliphatic heterocycles. The van der Waals surface area contributed by atoms with Crippen LogP contribution in [0, 0.1) is 17.8 Å². The maximum Gasteiger partial charge on any atom is 0.313 e. The molecule has 0 aliphatic carbocycles. The second-order valence-electron chi connectivity index (χ2n) is 14.9. The molecule has 14 heteroatoms. The van der Waals surface area contributed by atoms with Crippen molar-refractivity contribution in [3.63, 3.8) is 0 Å². The van der Waals surface area contributed by atoms with Gasteiger partial charge in [0.2, 0.25) is 17.7 Å². The quantitative estimate of drug-likeness (QED) is 0.115. The van der Waals surface area contributed by atoms with Crippen molar-refractivity contribution in [2.24, 2.45) is 17.8 Å². The lowest BCUT2D eigenvalue weighted by Gasteiger charge is -2.39. The van der Waals surface area contributed by atoms with Crippen molar-refractivity contribution in [2.45, 2.75) is 93.9 Å². The molecule has 54 heavy (non-hydrogen) atoms. The highest BCUT2D eigenvalue weighted by Gasteiger charge is 2.77. The largest absolute Gasteiger partial charge is 0.455 e. The third-order valence-corrected chi connectivity index (χ3v) is 11.6. The zero-order chi connectivity index (χ0) is 38.7. The fourth-order valence-electron chi connectivity index (χ4n) is 8.50. The van der Waals surface area contributed by atoms with E-state index < -0.39 is 65.6 Å². The summed E-state index contributed by atoms with van der Waals surface area (Å²) >= 11 is 3.75. The fourth-order valence-corrected chi connectivity index (χ4v) is 9.44. The lowest BCUT2D eigenvalue weighted by Crippen LogP contribution is -2.59. The maximum atomic E-state index is 15.1. The van der Waals surface area contributed by atoms with E-state index in [0.29, 0.717) is 23.9 Å². The van der Waals surface area contributed by atoms with E-state index in [2.05, 4.69) is 44.7 Å². The summed E-state index contributed by atoms with van der Waals surface area (Å²) in [6, 6.07) is 14.0. The molecule has 1 aromatic heterocycles. The van der Waals surface area contributed by atoms with Crippen molar-refractivity contribution in [2.75, 3.05) is 13.2 Å². The number of aromatic nitrogens is 3. The Hall–Kier alpha value is -4.40. The average Bonchev–Trinajstić information content (AvgIpc) is 3.88. The minimum atomic E-state index is -1.41. The monoisotopic (exact) mass is 804 g/mol. The number of alkyl halides is 1. The number of aliphatic hydroxyl groups excluding tert-OH is 1. The minimum Gasteiger partial charge on any atom is -0.455 e. The molecule has 0 radical (unpaired) electrons. The molecule has 3 aliphatic rings. The summed E-state index contributed by atoms with van der Waals surface area (Å²) < 4.78 is 14.7. The number of aliphatic hydroxyl groups is 1. The highest BCUT2D eigenvalue weighted by molar-refractivity contribution is 9.09. The van der Waals surface area contributed by atoms with E-state index in [-0.39, 0.29) is 49.3 Å². The fraction of sp³-hybridized carbons (Fsp3) is 0.500. The Balaban J connectivity index is 1.37. The molecule has 3 aromatic rings. The number of benzene rings is 2. The molecule has 1 spiro atoms. The molecule has 9 atom stereocenters. The average molecular weight is 806 g/mol. The molecule has 3 saturated heterocycles. The lowest BCUT2D eigenvalue weighted by molar-refractivity contribution is -0.162. The van der Waals surface area contributed by atoms with E-state index >= 15 is 4.79 Å². The lowest BCUT2D eigenvalue weighted by atomic mass is 9.70. The predicted molar refractivity (Wildman–Crippen MR) is 205 cm³/mol. The number of amides is 3. The van der Waals surface area contributed by atoms with Crippen molar-refractivity contribution in [1.82, 2.24) is 30.1 Å². The normalized spacial score (nSPS) is 26.0. The summed E-state index contributed by atoms with van der Waals surface area (Å²) in [5.74, 6) is -3.80. The Morgan fingerprint density at radius 3 is 2.54 bits per heavy atom. The predicted octanol–water partition coefficient (Wildman–Crippen LogP) is 4.31. The summed E-state index contributed by atoms with van der Waals surface area (Å²) in [6.07, 6.45) is 3.03. The van der Waals surface area contributed by atoms with E-state index in [4.69, 9.17) is 9.47 Å². The smallest absolute Gasteiger partial charge is 0.313 e. The molecule has 288 valence electrons. The minimum absolute atomic E-state index is 0.0143. The number of carbonyl (C=O) groups excluding carboxylic acids is 4. The van der Waals surface area contributed by atoms with Crippen LogP contribution in [0.5, 0.6) is 0 Å². The van der Waals surface area contributed by atoms with Gasteiger partial charge >= 0.3 is 5.97 Å². The number of nitrogens with zero attached hydrogens (tertiary/aromatic N) is 5. The van der Waals surface area contributed by atoms with Crippen LogP contribution in [0.3, 0.4) is 0 Å². The van der Waals surface area contributed by atoms with E-state index in [0.717, 1.165) is 5.52 Å². The molecule has 3 amide bonds. The number of likely N-dealkylation sites (tertiary alicyclic amines) is 1. The standard InChI is InChI=1S/C40H49BrN6O7/c1-6-8-18-31(49)42-25(5)34(26-14-10-9-11-15-26)53-39(52)32-33-37(50)47(27(22-48)20-24(3)4)36(40(33)21-28(41)35(32)54-40)38(51)45(19-7-2)23-46-30-17-13-12-16-29(30)43-44-46/h6-7,9-17,24-25,27-28,32-36,48H,1-2,8,18-23H2,3-5H3,(H,42,49)/t25-,27+,28?,32-,33+,34-,35-,36-,40+/m0/s1. The van der Waals surface area contributed by atoms with Gasteiger partial charge in [-0.05, 0) is 49.8 Å². The molecular formula is C40H49BrN6O7. The molecular weight excluding hydrogens is 756 g/mol. The summed E-state index contributed by atoms with van der Waals surface area (Å²) in [5.41, 5.74) is 0.653. The van der Waals surface area contributed by atoms with Crippen molar-refractivity contribution in [3.8, 4) is 0 Å². The zero-order valence-corrected chi connectivity index (χ0v) is 32.5. The number of ether oxygens (including phenoxy) is 2. The van der Waals surface area contributed by atoms with Crippen LogP contribution in [0.15, 0.2) is 79.9 Å². The Morgan fingerprint density at radius 1 is 1.13 bits per heavy atom. The van der Waals surface area contributed by atoms with Crippen LogP contribution in [-0.4, -0.2) is 101 Å². The Kier molecular flexibility index (Phi) is 12.0. The second kappa shape index (κ2) is 16.5. The Labute approximate surface area is 323 Å². The molecule has 13 nitrogen and oxygen atoms in total. The third kappa shape index (κ3) is 7.35. The number of allylic oxidation sites excluding steroid dienone is 1. The van der Waals surface area contributed by atoms with Crippen LogP contribution in [0.25, 0.3) is 11.0 Å². The van der Waals surface area contributed by atoms with Gasteiger partial charge < -0.3 is 29.7 Å². The molecule has 6 rings (SSSR count). The van der Waals surface area contributed by atoms with Gasteiger partial charge in [0, 0.05) is 17.8 Å². The molecule has 4 heterocycles. The van der Waals surface area contributed by atoms with Crippen molar-refractivity contribution in [1.29, 1.82) is 0 Å². The van der Waals surface area contributed by atoms with Crippen LogP contribution >= 0.6 is 15.9 Å². The summed E-state index contributed by atoms with van der Waals surface area (Å²) in [7, 11) is 0. The van der Waals surface area contributed by atoms with Crippen LogP contribution in [-0.2, 0) is 35.3 Å².